The summed E-state index contributed by atoms with van der Waals surface area (Å²) in [5.41, 5.74) is 6.38. The summed E-state index contributed by atoms with van der Waals surface area (Å²) in [6.07, 6.45) is 3.65. The lowest BCUT2D eigenvalue weighted by molar-refractivity contribution is 0.0395. The molecule has 0 amide bonds. The third-order valence-electron chi connectivity index (χ3n) is 3.12. The first-order valence-corrected chi connectivity index (χ1v) is 4.23. The molecule has 3 aliphatic rings. The van der Waals surface area contributed by atoms with Gasteiger partial charge in [0, 0.05) is 24.7 Å². The molecule has 3 saturated heterocycles. The highest BCUT2D eigenvalue weighted by atomic mass is 15.2. The van der Waals surface area contributed by atoms with Gasteiger partial charge in [-0.25, -0.2) is 0 Å². The number of hydrogen-bond donors (Lipinski definition) is 1. The second kappa shape index (κ2) is 1.95. The Kier molecular flexibility index (Phi) is 1.29. The zero-order valence-electron chi connectivity index (χ0n) is 6.64. The quantitative estimate of drug-likeness (QED) is 0.533. The molecule has 3 fully saturated rings. The van der Waals surface area contributed by atoms with Crippen molar-refractivity contribution in [2.75, 3.05) is 13.1 Å². The van der Waals surface area contributed by atoms with Crippen LogP contribution in [0, 0.1) is 0 Å². The molecule has 0 radical (unpaired) electrons. The van der Waals surface area contributed by atoms with E-state index in [-0.39, 0.29) is 5.54 Å². The molecule has 10 heavy (non-hydrogen) atoms. The molecule has 0 aromatic carbocycles. The van der Waals surface area contributed by atoms with Gasteiger partial charge in [0.05, 0.1) is 0 Å². The molecule has 3 rings (SSSR count). The zero-order chi connectivity index (χ0) is 7.19. The minimum atomic E-state index is 0.216. The van der Waals surface area contributed by atoms with Crippen molar-refractivity contribution in [3.63, 3.8) is 0 Å². The van der Waals surface area contributed by atoms with Crippen LogP contribution in [0.1, 0.15) is 26.2 Å². The Balaban J connectivity index is 2.14. The normalized spacial score (nSPS) is 53.4. The average Bonchev–Trinajstić information content (AvgIpc) is 1.87. The smallest absolute Gasteiger partial charge is 0.0193 e. The van der Waals surface area contributed by atoms with Crippen LogP contribution in [0.4, 0.5) is 0 Å². The first kappa shape index (κ1) is 6.62. The number of piperidine rings is 3. The van der Waals surface area contributed by atoms with Gasteiger partial charge in [0.1, 0.15) is 0 Å². The highest BCUT2D eigenvalue weighted by Gasteiger charge is 2.39. The van der Waals surface area contributed by atoms with Gasteiger partial charge in [-0.1, -0.05) is 0 Å². The fraction of sp³-hybridized carbons (Fsp3) is 1.00. The molecule has 58 valence electrons. The molecular weight excluding hydrogens is 124 g/mol. The van der Waals surface area contributed by atoms with Gasteiger partial charge in [0.15, 0.2) is 0 Å². The Morgan fingerprint density at radius 3 is 2.30 bits per heavy atom. The lowest BCUT2D eigenvalue weighted by Gasteiger charge is -2.50. The summed E-state index contributed by atoms with van der Waals surface area (Å²) in [5, 5.41) is 0. The second-order valence-corrected chi connectivity index (χ2v) is 3.95. The summed E-state index contributed by atoms with van der Waals surface area (Å²) < 4.78 is 0. The highest BCUT2D eigenvalue weighted by molar-refractivity contribution is 4.99. The van der Waals surface area contributed by atoms with Gasteiger partial charge in [-0.3, -0.25) is 0 Å². The van der Waals surface area contributed by atoms with Crippen LogP contribution in [0.3, 0.4) is 0 Å². The van der Waals surface area contributed by atoms with E-state index in [0.29, 0.717) is 0 Å². The fourth-order valence-corrected chi connectivity index (χ4v) is 2.33. The minimum absolute atomic E-state index is 0.216. The van der Waals surface area contributed by atoms with Crippen molar-refractivity contribution in [2.45, 2.75) is 37.8 Å². The van der Waals surface area contributed by atoms with E-state index in [1.165, 1.54) is 32.4 Å². The lowest BCUT2D eigenvalue weighted by atomic mass is 9.77. The molecule has 0 aromatic heterocycles. The lowest BCUT2D eigenvalue weighted by Crippen LogP contribution is -2.60. The van der Waals surface area contributed by atoms with E-state index >= 15 is 0 Å². The molecule has 2 heteroatoms. The van der Waals surface area contributed by atoms with Crippen molar-refractivity contribution in [3.8, 4) is 0 Å². The van der Waals surface area contributed by atoms with E-state index in [9.17, 15) is 0 Å². The highest BCUT2D eigenvalue weighted by Crippen LogP contribution is 2.33. The Morgan fingerprint density at radius 2 is 2.00 bits per heavy atom. The molecule has 0 aromatic rings. The molecule has 3 heterocycles. The minimum Gasteiger partial charge on any atom is -0.325 e. The number of nitrogens with zero attached hydrogens (tertiary/aromatic N) is 1. The van der Waals surface area contributed by atoms with E-state index in [1.54, 1.807) is 0 Å². The van der Waals surface area contributed by atoms with Crippen molar-refractivity contribution in [3.05, 3.63) is 0 Å². The maximum atomic E-state index is 6.16. The molecule has 1 unspecified atom stereocenters. The monoisotopic (exact) mass is 140 g/mol. The van der Waals surface area contributed by atoms with Crippen molar-refractivity contribution >= 4 is 0 Å². The first-order valence-electron chi connectivity index (χ1n) is 4.23. The molecule has 3 aliphatic heterocycles. The summed E-state index contributed by atoms with van der Waals surface area (Å²) in [7, 11) is 0. The zero-order valence-corrected chi connectivity index (χ0v) is 6.64. The van der Waals surface area contributed by atoms with Crippen LogP contribution < -0.4 is 5.73 Å². The van der Waals surface area contributed by atoms with Gasteiger partial charge < -0.3 is 10.6 Å². The summed E-state index contributed by atoms with van der Waals surface area (Å²) in [4.78, 5) is 2.55. The third-order valence-corrected chi connectivity index (χ3v) is 3.12. The van der Waals surface area contributed by atoms with Crippen LogP contribution in [-0.2, 0) is 0 Å². The van der Waals surface area contributed by atoms with Crippen LogP contribution in [0.15, 0.2) is 0 Å². The summed E-state index contributed by atoms with van der Waals surface area (Å²) in [6, 6.07) is 0.743. The van der Waals surface area contributed by atoms with Gasteiger partial charge in [-0.15, -0.1) is 0 Å². The van der Waals surface area contributed by atoms with Crippen LogP contribution in [0.25, 0.3) is 0 Å². The number of rotatable bonds is 0. The Bertz CT molecular complexity index is 136. The van der Waals surface area contributed by atoms with Crippen LogP contribution in [0.5, 0.6) is 0 Å². The standard InChI is InChI=1S/C8H16N2/c1-7-6-8(9)2-4-10(7)5-3-8/h7H,2-6,9H2,1H3. The van der Waals surface area contributed by atoms with Crippen molar-refractivity contribution in [2.24, 2.45) is 5.73 Å². The second-order valence-electron chi connectivity index (χ2n) is 3.95. The number of nitrogens with two attached hydrogens (primary N) is 1. The topological polar surface area (TPSA) is 29.3 Å². The Hall–Kier alpha value is -0.0800. The van der Waals surface area contributed by atoms with Gasteiger partial charge in [0.2, 0.25) is 0 Å². The molecule has 2 N–H and O–H groups in total. The fourth-order valence-electron chi connectivity index (χ4n) is 2.33. The Labute approximate surface area is 62.4 Å². The van der Waals surface area contributed by atoms with Crippen molar-refractivity contribution < 1.29 is 0 Å². The summed E-state index contributed by atoms with van der Waals surface area (Å²) in [6.45, 7) is 4.76. The average molecular weight is 140 g/mol. The molecule has 2 nitrogen and oxygen atoms in total. The van der Waals surface area contributed by atoms with Crippen LogP contribution in [0.2, 0.25) is 0 Å². The maximum absolute atomic E-state index is 6.16. The molecule has 0 aliphatic carbocycles. The van der Waals surface area contributed by atoms with Crippen LogP contribution in [-0.4, -0.2) is 29.6 Å². The maximum Gasteiger partial charge on any atom is 0.0193 e. The van der Waals surface area contributed by atoms with E-state index in [1.807, 2.05) is 0 Å². The number of hydrogen-bond acceptors (Lipinski definition) is 2. The van der Waals surface area contributed by atoms with E-state index in [2.05, 4.69) is 11.8 Å². The molecule has 1 atom stereocenters. The van der Waals surface area contributed by atoms with Crippen molar-refractivity contribution in [1.29, 1.82) is 0 Å². The summed E-state index contributed by atoms with van der Waals surface area (Å²) >= 11 is 0. The van der Waals surface area contributed by atoms with E-state index in [0.717, 1.165) is 6.04 Å². The van der Waals surface area contributed by atoms with Crippen LogP contribution >= 0.6 is 0 Å². The van der Waals surface area contributed by atoms with Gasteiger partial charge in [-0.2, -0.15) is 0 Å². The van der Waals surface area contributed by atoms with Gasteiger partial charge in [-0.05, 0) is 26.2 Å². The SMILES string of the molecule is CC1CC2(N)CCN1CC2. The van der Waals surface area contributed by atoms with Gasteiger partial charge in [0.25, 0.3) is 0 Å². The van der Waals surface area contributed by atoms with Crippen molar-refractivity contribution in [1.82, 2.24) is 4.90 Å². The molecule has 0 spiro atoms. The molecule has 2 bridgehead atoms. The predicted octanol–water partition coefficient (Wildman–Crippen LogP) is 0.572. The molecule has 0 saturated carbocycles. The largest absolute Gasteiger partial charge is 0.325 e. The van der Waals surface area contributed by atoms with E-state index < -0.39 is 0 Å². The summed E-state index contributed by atoms with van der Waals surface area (Å²) in [5.74, 6) is 0. The third kappa shape index (κ3) is 0.867. The van der Waals surface area contributed by atoms with Gasteiger partial charge >= 0.3 is 0 Å². The Morgan fingerprint density at radius 1 is 1.40 bits per heavy atom. The molecular formula is C8H16N2. The first-order chi connectivity index (χ1) is 4.70. The predicted molar refractivity (Wildman–Crippen MR) is 41.8 cm³/mol. The van der Waals surface area contributed by atoms with E-state index in [4.69, 9.17) is 5.73 Å². The number of fused-ring (bicyclic) bond motifs is 3.